The molecule has 1 saturated carbocycles. The first kappa shape index (κ1) is 24.2. The first-order valence-electron chi connectivity index (χ1n) is 11.0. The van der Waals surface area contributed by atoms with Crippen molar-refractivity contribution in [1.82, 2.24) is 10.3 Å². The number of likely N-dealkylation sites (N-methyl/N-ethyl adjacent to an activating group) is 1. The van der Waals surface area contributed by atoms with Gasteiger partial charge in [-0.15, -0.1) is 11.3 Å². The van der Waals surface area contributed by atoms with Crippen LogP contribution in [0.2, 0.25) is 0 Å². The Kier molecular flexibility index (Phi) is 8.67. The van der Waals surface area contributed by atoms with Gasteiger partial charge < -0.3 is 20.1 Å². The summed E-state index contributed by atoms with van der Waals surface area (Å²) in [6, 6.07) is 10.8. The zero-order valence-corrected chi connectivity index (χ0v) is 20.0. The molecule has 2 atom stereocenters. The number of thiophene rings is 1. The predicted octanol–water partition coefficient (Wildman–Crippen LogP) is 3.18. The van der Waals surface area contributed by atoms with Gasteiger partial charge in [0, 0.05) is 28.5 Å². The monoisotopic (exact) mass is 458 g/mol. The van der Waals surface area contributed by atoms with Gasteiger partial charge in [-0.2, -0.15) is 5.10 Å². The molecule has 4 rings (SSSR count). The molecule has 1 amide bonds. The maximum atomic E-state index is 10.5. The Hall–Kier alpha value is -2.42. The second-order valence-corrected chi connectivity index (χ2v) is 9.25. The predicted molar refractivity (Wildman–Crippen MR) is 130 cm³/mol. The van der Waals surface area contributed by atoms with Gasteiger partial charge in [-0.1, -0.05) is 12.1 Å². The van der Waals surface area contributed by atoms with E-state index in [-0.39, 0.29) is 5.41 Å². The molecular formula is C24H34N4O3S. The largest absolute Gasteiger partial charge is 0.493 e. The Morgan fingerprint density at radius 2 is 2.09 bits per heavy atom. The lowest BCUT2D eigenvalue weighted by atomic mass is 9.65. The number of methoxy groups -OCH3 is 2. The third-order valence-corrected chi connectivity index (χ3v) is 7.51. The van der Waals surface area contributed by atoms with E-state index >= 15 is 0 Å². The fourth-order valence-corrected chi connectivity index (χ4v) is 5.62. The maximum Gasteiger partial charge on any atom is 0.227 e. The topological polar surface area (TPSA) is 89.2 Å². The highest BCUT2D eigenvalue weighted by molar-refractivity contribution is 7.09. The second kappa shape index (κ2) is 11.4. The van der Waals surface area contributed by atoms with Gasteiger partial charge in [-0.3, -0.25) is 4.79 Å². The molecule has 0 bridgehead atoms. The summed E-state index contributed by atoms with van der Waals surface area (Å²) in [6.45, 7) is 1.83. The van der Waals surface area contributed by atoms with Gasteiger partial charge in [0.25, 0.3) is 0 Å². The Bertz CT molecular complexity index is 903. The van der Waals surface area contributed by atoms with E-state index in [0.717, 1.165) is 62.4 Å². The van der Waals surface area contributed by atoms with Crippen molar-refractivity contribution in [3.05, 3.63) is 46.2 Å². The number of hydrogen-bond donors (Lipinski definition) is 2. The van der Waals surface area contributed by atoms with Crippen molar-refractivity contribution in [3.63, 3.8) is 0 Å². The average Bonchev–Trinajstić information content (AvgIpc) is 3.46. The normalized spacial score (nSPS) is 23.8. The second-order valence-electron chi connectivity index (χ2n) is 8.22. The van der Waals surface area contributed by atoms with Crippen LogP contribution in [-0.2, 0) is 16.6 Å². The molecule has 32 heavy (non-hydrogen) atoms. The van der Waals surface area contributed by atoms with Crippen LogP contribution in [0, 0.1) is 0 Å². The van der Waals surface area contributed by atoms with E-state index in [1.807, 2.05) is 6.07 Å². The van der Waals surface area contributed by atoms with Crippen LogP contribution in [0.4, 0.5) is 0 Å². The summed E-state index contributed by atoms with van der Waals surface area (Å²) >= 11 is 1.77. The third kappa shape index (κ3) is 5.31. The van der Waals surface area contributed by atoms with Gasteiger partial charge in [0.15, 0.2) is 11.5 Å². The quantitative estimate of drug-likeness (QED) is 0.491. The number of carbonyl (C=O) groups is 1. The number of nitrogens with one attached hydrogen (secondary N) is 1. The SMILES string of the molecule is COc1ccc(C23CC/C(=N\NC=O)CC2N(C)CC3)cc1OC.NCCc1cccs1. The molecule has 1 aliphatic carbocycles. The van der Waals surface area contributed by atoms with Crippen LogP contribution in [0.25, 0.3) is 0 Å². The van der Waals surface area contributed by atoms with E-state index in [9.17, 15) is 4.79 Å². The van der Waals surface area contributed by atoms with Crippen molar-refractivity contribution in [3.8, 4) is 11.5 Å². The minimum atomic E-state index is 0.106. The van der Waals surface area contributed by atoms with Crippen LogP contribution < -0.4 is 20.6 Å². The summed E-state index contributed by atoms with van der Waals surface area (Å²) in [4.78, 5) is 14.3. The molecule has 3 N–H and O–H groups in total. The van der Waals surface area contributed by atoms with Crippen LogP contribution in [-0.4, -0.2) is 57.4 Å². The van der Waals surface area contributed by atoms with Gasteiger partial charge in [0.2, 0.25) is 6.41 Å². The highest BCUT2D eigenvalue weighted by Crippen LogP contribution is 2.49. The van der Waals surface area contributed by atoms with Crippen LogP contribution in [0.5, 0.6) is 11.5 Å². The highest BCUT2D eigenvalue weighted by atomic mass is 32.1. The number of benzene rings is 1. The number of nitrogens with two attached hydrogens (primary N) is 1. The van der Waals surface area contributed by atoms with E-state index in [1.165, 1.54) is 10.4 Å². The number of nitrogens with zero attached hydrogens (tertiary/aromatic N) is 2. The van der Waals surface area contributed by atoms with Gasteiger partial charge in [0.05, 0.1) is 14.2 Å². The van der Waals surface area contributed by atoms with E-state index in [0.29, 0.717) is 12.5 Å². The third-order valence-electron chi connectivity index (χ3n) is 6.57. The standard InChI is InChI=1S/C18H25N3O3.C6H9NS/c1-21-9-8-18(7-6-14(11-17(18)21)20-19-12-22)13-4-5-15(23-2)16(10-13)24-3;7-4-3-6-2-1-5-8-6/h4-5,10,12,17H,6-9,11H2,1-3H3,(H,19,22);1-2,5H,3-4,7H2/b20-14+;. The fourth-order valence-electron chi connectivity index (χ4n) is 4.90. The van der Waals surface area contributed by atoms with Crippen LogP contribution >= 0.6 is 11.3 Å². The summed E-state index contributed by atoms with van der Waals surface area (Å²) in [7, 11) is 5.50. The summed E-state index contributed by atoms with van der Waals surface area (Å²) < 4.78 is 10.9. The smallest absolute Gasteiger partial charge is 0.227 e. The van der Waals surface area contributed by atoms with Crippen LogP contribution in [0.1, 0.15) is 36.1 Å². The molecule has 1 aromatic carbocycles. The van der Waals surface area contributed by atoms with Crippen LogP contribution in [0.15, 0.2) is 40.8 Å². The Morgan fingerprint density at radius 3 is 2.75 bits per heavy atom. The number of likely N-dealkylation sites (tertiary alicyclic amines) is 1. The molecule has 1 saturated heterocycles. The van der Waals surface area contributed by atoms with Gasteiger partial charge in [-0.25, -0.2) is 5.43 Å². The minimum Gasteiger partial charge on any atom is -0.493 e. The zero-order chi connectivity index (χ0) is 23.0. The van der Waals surface area contributed by atoms with Crippen molar-refractivity contribution in [2.24, 2.45) is 10.8 Å². The molecule has 7 nitrogen and oxygen atoms in total. The molecule has 2 heterocycles. The molecular weight excluding hydrogens is 424 g/mol. The summed E-state index contributed by atoms with van der Waals surface area (Å²) in [5.74, 6) is 1.54. The van der Waals surface area contributed by atoms with Crippen molar-refractivity contribution in [1.29, 1.82) is 0 Å². The molecule has 174 valence electrons. The Morgan fingerprint density at radius 1 is 1.28 bits per heavy atom. The first-order chi connectivity index (χ1) is 15.6. The number of hydrazone groups is 1. The van der Waals surface area contributed by atoms with Gasteiger partial charge in [-0.05, 0) is 75.0 Å². The van der Waals surface area contributed by atoms with Gasteiger partial charge >= 0.3 is 0 Å². The highest BCUT2D eigenvalue weighted by Gasteiger charge is 2.49. The number of carbonyl (C=O) groups excluding carboxylic acids is 1. The molecule has 0 spiro atoms. The summed E-state index contributed by atoms with van der Waals surface area (Å²) in [6.07, 6.45) is 5.58. The minimum absolute atomic E-state index is 0.106. The number of hydrogen-bond acceptors (Lipinski definition) is 7. The number of rotatable bonds is 7. The van der Waals surface area contributed by atoms with Crippen molar-refractivity contribution < 1.29 is 14.3 Å². The lowest BCUT2D eigenvalue weighted by Gasteiger charge is -2.42. The summed E-state index contributed by atoms with van der Waals surface area (Å²) in [5, 5.41) is 6.28. The molecule has 1 aliphatic heterocycles. The van der Waals surface area contributed by atoms with Gasteiger partial charge in [0.1, 0.15) is 0 Å². The number of ether oxygens (including phenoxy) is 2. The van der Waals surface area contributed by atoms with Crippen molar-refractivity contribution >= 4 is 23.5 Å². The van der Waals surface area contributed by atoms with Crippen molar-refractivity contribution in [2.75, 3.05) is 34.4 Å². The molecule has 8 heteroatoms. The van der Waals surface area contributed by atoms with E-state index in [4.69, 9.17) is 15.2 Å². The zero-order valence-electron chi connectivity index (χ0n) is 19.2. The Balaban J connectivity index is 0.000000305. The molecule has 0 radical (unpaired) electrons. The first-order valence-corrected chi connectivity index (χ1v) is 11.9. The molecule has 2 unspecified atom stereocenters. The van der Waals surface area contributed by atoms with Crippen molar-refractivity contribution in [2.45, 2.75) is 43.6 Å². The number of fused-ring (bicyclic) bond motifs is 1. The summed E-state index contributed by atoms with van der Waals surface area (Å²) in [5.41, 5.74) is 10.3. The number of amides is 1. The fraction of sp³-hybridized carbons (Fsp3) is 0.500. The average molecular weight is 459 g/mol. The molecule has 2 aliphatic rings. The van der Waals surface area contributed by atoms with E-state index < -0.39 is 0 Å². The molecule has 2 aromatic rings. The van der Waals surface area contributed by atoms with E-state index in [1.54, 1.807) is 25.6 Å². The van der Waals surface area contributed by atoms with E-state index in [2.05, 4.69) is 52.1 Å². The molecule has 2 fully saturated rings. The lowest BCUT2D eigenvalue weighted by molar-refractivity contribution is -0.109. The van der Waals surface area contributed by atoms with Crippen LogP contribution in [0.3, 0.4) is 0 Å². The lowest BCUT2D eigenvalue weighted by Crippen LogP contribution is -2.46. The Labute approximate surface area is 194 Å². The maximum absolute atomic E-state index is 10.5. The molecule has 1 aromatic heterocycles.